The Labute approximate surface area is 318 Å². The molecular weight excluding hydrogens is 669 g/mol. The van der Waals surface area contributed by atoms with Crippen molar-refractivity contribution in [2.75, 3.05) is 52.4 Å². The SMILES string of the molecule is CCc1ccc(-c2cc(C(=O)NCCCN3CCN(CCCNC(=O)c4cc(-c5ccc(CC)cc5)nc5ccccc45)CC3)c3ccccc3n2)cc1. The van der Waals surface area contributed by atoms with Gasteiger partial charge in [-0.15, -0.1) is 0 Å². The molecule has 2 amide bonds. The fourth-order valence-electron chi connectivity index (χ4n) is 7.28. The number of amides is 2. The van der Waals surface area contributed by atoms with Gasteiger partial charge in [0.25, 0.3) is 11.8 Å². The lowest BCUT2D eigenvalue weighted by Gasteiger charge is -2.34. The van der Waals surface area contributed by atoms with E-state index in [0.29, 0.717) is 24.2 Å². The number of rotatable bonds is 14. The van der Waals surface area contributed by atoms with Crippen molar-refractivity contribution < 1.29 is 9.59 Å². The van der Waals surface area contributed by atoms with E-state index in [4.69, 9.17) is 9.97 Å². The molecule has 2 N–H and O–H groups in total. The number of benzene rings is 4. The molecule has 0 spiro atoms. The predicted molar refractivity (Wildman–Crippen MR) is 220 cm³/mol. The number of hydrogen-bond donors (Lipinski definition) is 2. The number of pyridine rings is 2. The number of piperazine rings is 1. The average molecular weight is 719 g/mol. The molecule has 0 unspecified atom stereocenters. The molecule has 0 aliphatic carbocycles. The second kappa shape index (κ2) is 17.6. The van der Waals surface area contributed by atoms with Gasteiger partial charge in [-0.25, -0.2) is 9.97 Å². The molecular formula is C46H50N6O2. The summed E-state index contributed by atoms with van der Waals surface area (Å²) in [5.74, 6) is -0.118. The van der Waals surface area contributed by atoms with Gasteiger partial charge in [0.2, 0.25) is 0 Å². The second-order valence-corrected chi connectivity index (χ2v) is 14.1. The van der Waals surface area contributed by atoms with Gasteiger partial charge in [-0.05, 0) is 74.2 Å². The number of fused-ring (bicyclic) bond motifs is 2. The van der Waals surface area contributed by atoms with Gasteiger partial charge in [0, 0.05) is 61.2 Å². The van der Waals surface area contributed by atoms with Crippen molar-refractivity contribution in [3.63, 3.8) is 0 Å². The van der Waals surface area contributed by atoms with E-state index in [1.807, 2.05) is 60.7 Å². The van der Waals surface area contributed by atoms with E-state index in [9.17, 15) is 9.59 Å². The maximum absolute atomic E-state index is 13.4. The Morgan fingerprint density at radius 1 is 0.556 bits per heavy atom. The van der Waals surface area contributed by atoms with Gasteiger partial charge in [0.1, 0.15) is 0 Å². The van der Waals surface area contributed by atoms with Crippen LogP contribution in [0.3, 0.4) is 0 Å². The van der Waals surface area contributed by atoms with Crippen molar-refractivity contribution in [2.24, 2.45) is 0 Å². The Bertz CT molecular complexity index is 2050. The molecule has 8 heteroatoms. The minimum absolute atomic E-state index is 0.0591. The monoisotopic (exact) mass is 718 g/mol. The zero-order valence-electron chi connectivity index (χ0n) is 31.5. The molecule has 7 rings (SSSR count). The first-order chi connectivity index (χ1) is 26.5. The van der Waals surface area contributed by atoms with Crippen LogP contribution in [-0.4, -0.2) is 83.9 Å². The molecule has 4 aromatic carbocycles. The highest BCUT2D eigenvalue weighted by Crippen LogP contribution is 2.27. The lowest BCUT2D eigenvalue weighted by atomic mass is 10.0. The summed E-state index contributed by atoms with van der Waals surface area (Å²) < 4.78 is 0. The highest BCUT2D eigenvalue weighted by Gasteiger charge is 2.18. The van der Waals surface area contributed by atoms with Crippen molar-refractivity contribution in [2.45, 2.75) is 39.5 Å². The van der Waals surface area contributed by atoms with Crippen LogP contribution < -0.4 is 10.6 Å². The van der Waals surface area contributed by atoms with Crippen LogP contribution in [0.25, 0.3) is 44.3 Å². The summed E-state index contributed by atoms with van der Waals surface area (Å²) in [5, 5.41) is 8.09. The van der Waals surface area contributed by atoms with Crippen LogP contribution in [0, 0.1) is 0 Å². The maximum Gasteiger partial charge on any atom is 0.252 e. The largest absolute Gasteiger partial charge is 0.352 e. The minimum Gasteiger partial charge on any atom is -0.352 e. The van der Waals surface area contributed by atoms with Crippen LogP contribution in [-0.2, 0) is 12.8 Å². The van der Waals surface area contributed by atoms with Gasteiger partial charge >= 0.3 is 0 Å². The lowest BCUT2D eigenvalue weighted by molar-refractivity contribution is 0.0936. The van der Waals surface area contributed by atoms with Gasteiger partial charge < -0.3 is 20.4 Å². The van der Waals surface area contributed by atoms with Gasteiger partial charge in [0.15, 0.2) is 0 Å². The van der Waals surface area contributed by atoms with Crippen LogP contribution in [0.5, 0.6) is 0 Å². The first-order valence-electron chi connectivity index (χ1n) is 19.5. The summed E-state index contributed by atoms with van der Waals surface area (Å²) >= 11 is 0. The zero-order chi connectivity index (χ0) is 37.3. The van der Waals surface area contributed by atoms with E-state index in [0.717, 1.165) is 109 Å². The molecule has 0 atom stereocenters. The summed E-state index contributed by atoms with van der Waals surface area (Å²) in [5.41, 5.74) is 9.18. The second-order valence-electron chi connectivity index (χ2n) is 14.1. The van der Waals surface area contributed by atoms with E-state index < -0.39 is 0 Å². The predicted octanol–water partition coefficient (Wildman–Crippen LogP) is 7.80. The van der Waals surface area contributed by atoms with Crippen LogP contribution in [0.15, 0.2) is 109 Å². The third kappa shape index (κ3) is 8.84. The number of hydrogen-bond acceptors (Lipinski definition) is 6. The Kier molecular flexibility index (Phi) is 12.0. The Morgan fingerprint density at radius 2 is 0.944 bits per heavy atom. The van der Waals surface area contributed by atoms with Gasteiger partial charge in [-0.3, -0.25) is 9.59 Å². The lowest BCUT2D eigenvalue weighted by Crippen LogP contribution is -2.47. The molecule has 0 bridgehead atoms. The number of nitrogens with zero attached hydrogens (tertiary/aromatic N) is 4. The average Bonchev–Trinajstić information content (AvgIpc) is 3.23. The van der Waals surface area contributed by atoms with Crippen molar-refractivity contribution in [3.05, 3.63) is 131 Å². The van der Waals surface area contributed by atoms with Crippen LogP contribution in [0.2, 0.25) is 0 Å². The topological polar surface area (TPSA) is 90.5 Å². The Hall–Kier alpha value is -5.44. The third-order valence-electron chi connectivity index (χ3n) is 10.6. The first kappa shape index (κ1) is 36.9. The molecule has 1 aliphatic rings. The Morgan fingerprint density at radius 3 is 1.33 bits per heavy atom. The molecule has 54 heavy (non-hydrogen) atoms. The molecule has 0 radical (unpaired) electrons. The molecule has 1 saturated heterocycles. The Balaban J connectivity index is 0.849. The normalized spacial score (nSPS) is 13.7. The minimum atomic E-state index is -0.0591. The smallest absolute Gasteiger partial charge is 0.252 e. The number of carbonyl (C=O) groups is 2. The molecule has 0 saturated carbocycles. The maximum atomic E-state index is 13.4. The van der Waals surface area contributed by atoms with E-state index in [2.05, 4.69) is 82.8 Å². The molecule has 3 heterocycles. The van der Waals surface area contributed by atoms with Crippen molar-refractivity contribution >= 4 is 33.6 Å². The van der Waals surface area contributed by atoms with E-state index >= 15 is 0 Å². The van der Waals surface area contributed by atoms with Crippen LogP contribution in [0.4, 0.5) is 0 Å². The summed E-state index contributed by atoms with van der Waals surface area (Å²) in [6, 6.07) is 36.4. The molecule has 2 aromatic heterocycles. The number of aryl methyl sites for hydroxylation is 2. The quantitative estimate of drug-likeness (QED) is 0.112. The zero-order valence-corrected chi connectivity index (χ0v) is 31.5. The van der Waals surface area contributed by atoms with Gasteiger partial charge in [0.05, 0.1) is 33.5 Å². The summed E-state index contributed by atoms with van der Waals surface area (Å²) in [4.78, 5) is 41.6. The van der Waals surface area contributed by atoms with E-state index in [-0.39, 0.29) is 11.8 Å². The fraction of sp³-hybridized carbons (Fsp3) is 0.304. The van der Waals surface area contributed by atoms with Crippen molar-refractivity contribution in [1.82, 2.24) is 30.4 Å². The summed E-state index contributed by atoms with van der Waals surface area (Å²) in [6.07, 6.45) is 3.75. The molecule has 1 aliphatic heterocycles. The van der Waals surface area contributed by atoms with E-state index in [1.165, 1.54) is 11.1 Å². The summed E-state index contributed by atoms with van der Waals surface area (Å²) in [7, 11) is 0. The third-order valence-corrected chi connectivity index (χ3v) is 10.6. The number of aromatic nitrogens is 2. The van der Waals surface area contributed by atoms with Gasteiger partial charge in [-0.2, -0.15) is 0 Å². The molecule has 1 fully saturated rings. The van der Waals surface area contributed by atoms with Crippen LogP contribution >= 0.6 is 0 Å². The molecule has 8 nitrogen and oxygen atoms in total. The molecule has 6 aromatic rings. The van der Waals surface area contributed by atoms with Gasteiger partial charge in [-0.1, -0.05) is 98.8 Å². The number of nitrogens with one attached hydrogen (secondary N) is 2. The first-order valence-corrected chi connectivity index (χ1v) is 19.5. The van der Waals surface area contributed by atoms with Crippen LogP contribution in [0.1, 0.15) is 58.5 Å². The number of carbonyl (C=O) groups excluding carboxylic acids is 2. The molecule has 276 valence electrons. The van der Waals surface area contributed by atoms with Crippen molar-refractivity contribution in [3.8, 4) is 22.5 Å². The van der Waals surface area contributed by atoms with E-state index in [1.54, 1.807) is 0 Å². The fourth-order valence-corrected chi connectivity index (χ4v) is 7.28. The standard InChI is InChI=1S/C46H50N6O2/c1-3-33-15-19-35(20-16-33)43-31-39(37-11-5-7-13-41(37)49-43)45(53)47-23-9-25-51-27-29-52(30-28-51)26-10-24-48-46(54)40-32-44(36-21-17-34(4-2)18-22-36)50-42-14-8-6-12-38(40)42/h5-8,11-22,31-32H,3-4,9-10,23-30H2,1-2H3,(H,47,53)(H,48,54). The highest BCUT2D eigenvalue weighted by molar-refractivity contribution is 6.08. The number of para-hydroxylation sites is 2. The summed E-state index contributed by atoms with van der Waals surface area (Å²) in [6.45, 7) is 11.4. The van der Waals surface area contributed by atoms with Crippen molar-refractivity contribution in [1.29, 1.82) is 0 Å². The highest BCUT2D eigenvalue weighted by atomic mass is 16.2.